The zero-order valence-corrected chi connectivity index (χ0v) is 15.6. The van der Waals surface area contributed by atoms with E-state index in [2.05, 4.69) is 0 Å². The summed E-state index contributed by atoms with van der Waals surface area (Å²) in [6, 6.07) is 18.1. The van der Waals surface area contributed by atoms with Crippen LogP contribution in [0.3, 0.4) is 0 Å². The van der Waals surface area contributed by atoms with Gasteiger partial charge in [-0.1, -0.05) is 81.4 Å². The molecular weight excluding hydrogens is 344 g/mol. The van der Waals surface area contributed by atoms with Gasteiger partial charge in [0.2, 0.25) is 12.3 Å². The molecule has 0 amide bonds. The molecule has 0 saturated heterocycles. The molecule has 0 unspecified atom stereocenters. The number of nitro groups is 1. The summed E-state index contributed by atoms with van der Waals surface area (Å²) >= 11 is 0. The van der Waals surface area contributed by atoms with E-state index in [-0.39, 0.29) is 10.6 Å². The molecule has 1 aliphatic rings. The van der Waals surface area contributed by atoms with Crippen LogP contribution in [0.15, 0.2) is 65.7 Å². The summed E-state index contributed by atoms with van der Waals surface area (Å²) in [5.41, 5.74) is -0.396. The van der Waals surface area contributed by atoms with Crippen molar-refractivity contribution in [2.24, 2.45) is 10.4 Å². The molecule has 0 aromatic heterocycles. The van der Waals surface area contributed by atoms with Crippen LogP contribution in [-0.2, 0) is 15.3 Å². The number of aliphatic imine (C=N–C) groups is 1. The summed E-state index contributed by atoms with van der Waals surface area (Å²) in [6.07, 6.45) is 0. The van der Waals surface area contributed by atoms with Crippen LogP contribution in [0.25, 0.3) is 0 Å². The Labute approximate surface area is 158 Å². The van der Waals surface area contributed by atoms with E-state index in [9.17, 15) is 14.9 Å². The Kier molecular flexibility index (Phi) is 4.83. The molecule has 0 saturated carbocycles. The average molecular weight is 366 g/mol. The van der Waals surface area contributed by atoms with Crippen molar-refractivity contribution in [1.82, 2.24) is 0 Å². The molecule has 6 heteroatoms. The van der Waals surface area contributed by atoms with E-state index >= 15 is 0 Å². The molecule has 0 aliphatic carbocycles. The van der Waals surface area contributed by atoms with Crippen molar-refractivity contribution in [3.05, 3.63) is 81.9 Å². The number of ether oxygens (including phenoxy) is 1. The maximum atomic E-state index is 12.7. The van der Waals surface area contributed by atoms with Gasteiger partial charge in [0.1, 0.15) is 11.6 Å². The number of nitrogens with zero attached hydrogens (tertiary/aromatic N) is 2. The van der Waals surface area contributed by atoms with E-state index in [4.69, 9.17) is 9.73 Å². The third-order valence-corrected chi connectivity index (χ3v) is 4.62. The lowest BCUT2D eigenvalue weighted by Gasteiger charge is -2.32. The van der Waals surface area contributed by atoms with Gasteiger partial charge in [-0.2, -0.15) is 0 Å². The van der Waals surface area contributed by atoms with Gasteiger partial charge in [-0.05, 0) is 5.56 Å². The van der Waals surface area contributed by atoms with Crippen molar-refractivity contribution >= 4 is 11.7 Å². The third-order valence-electron chi connectivity index (χ3n) is 4.62. The molecule has 0 spiro atoms. The smallest absolute Gasteiger partial charge is 0.355 e. The summed E-state index contributed by atoms with van der Waals surface area (Å²) in [5, 5.41) is 11.5. The van der Waals surface area contributed by atoms with E-state index in [1.54, 1.807) is 24.3 Å². The number of benzene rings is 2. The molecule has 6 nitrogen and oxygen atoms in total. The highest BCUT2D eigenvalue weighted by Gasteiger charge is 2.54. The molecule has 2 atom stereocenters. The van der Waals surface area contributed by atoms with Gasteiger partial charge < -0.3 is 4.74 Å². The number of carbonyl (C=O) groups excluding carboxylic acids is 1. The zero-order valence-electron chi connectivity index (χ0n) is 15.6. The fraction of sp³-hybridized carbons (Fsp3) is 0.333. The van der Waals surface area contributed by atoms with Crippen LogP contribution in [0.1, 0.15) is 37.8 Å². The molecule has 1 heterocycles. The minimum atomic E-state index is -1.46. The first-order chi connectivity index (χ1) is 12.7. The lowest BCUT2D eigenvalue weighted by atomic mass is 9.83. The fourth-order valence-corrected chi connectivity index (χ4v) is 3.34. The molecular formula is C21H22N2O4. The highest BCUT2D eigenvalue weighted by molar-refractivity contribution is 6.39. The topological polar surface area (TPSA) is 81.8 Å². The Bertz CT molecular complexity index is 872. The molecule has 0 bridgehead atoms. The van der Waals surface area contributed by atoms with Gasteiger partial charge >= 0.3 is 5.97 Å². The predicted octanol–water partition coefficient (Wildman–Crippen LogP) is 3.94. The Morgan fingerprint density at radius 1 is 1.07 bits per heavy atom. The summed E-state index contributed by atoms with van der Waals surface area (Å²) < 4.78 is 5.84. The van der Waals surface area contributed by atoms with Crippen molar-refractivity contribution in [1.29, 1.82) is 0 Å². The minimum absolute atomic E-state index is 0.288. The largest absolute Gasteiger partial charge is 0.427 e. The van der Waals surface area contributed by atoms with Crippen LogP contribution >= 0.6 is 0 Å². The van der Waals surface area contributed by atoms with Crippen molar-refractivity contribution in [3.8, 4) is 0 Å². The first-order valence-electron chi connectivity index (χ1n) is 8.80. The molecule has 2 aromatic carbocycles. The van der Waals surface area contributed by atoms with Crippen molar-refractivity contribution in [3.63, 3.8) is 0 Å². The van der Waals surface area contributed by atoms with Crippen molar-refractivity contribution in [2.75, 3.05) is 6.54 Å². The number of cyclic esters (lactones) is 1. The second-order valence-electron chi connectivity index (χ2n) is 7.64. The first-order valence-corrected chi connectivity index (χ1v) is 8.80. The number of hydrogen-bond donors (Lipinski definition) is 0. The van der Waals surface area contributed by atoms with Gasteiger partial charge in [-0.25, -0.2) is 9.79 Å². The Balaban J connectivity index is 2.25. The van der Waals surface area contributed by atoms with E-state index in [0.29, 0.717) is 11.1 Å². The Hall–Kier alpha value is -3.02. The van der Waals surface area contributed by atoms with E-state index < -0.39 is 29.6 Å². The summed E-state index contributed by atoms with van der Waals surface area (Å²) in [6.45, 7) is 5.21. The quantitative estimate of drug-likeness (QED) is 0.456. The highest BCUT2D eigenvalue weighted by Crippen LogP contribution is 2.46. The normalized spacial score (nSPS) is 20.7. The monoisotopic (exact) mass is 366 g/mol. The molecule has 1 aliphatic heterocycles. The molecule has 0 radical (unpaired) electrons. The van der Waals surface area contributed by atoms with Gasteiger partial charge in [-0.15, -0.1) is 0 Å². The van der Waals surface area contributed by atoms with Crippen molar-refractivity contribution < 1.29 is 14.5 Å². The number of carbonyl (C=O) groups is 1. The summed E-state index contributed by atoms with van der Waals surface area (Å²) in [4.78, 5) is 28.5. The van der Waals surface area contributed by atoms with Gasteiger partial charge in [0.05, 0.1) is 0 Å². The maximum Gasteiger partial charge on any atom is 0.355 e. The second kappa shape index (κ2) is 6.95. The maximum absolute atomic E-state index is 12.7. The molecule has 2 aromatic rings. The Morgan fingerprint density at radius 2 is 1.63 bits per heavy atom. The molecule has 140 valence electrons. The molecule has 0 N–H and O–H groups in total. The average Bonchev–Trinajstić information content (AvgIpc) is 3.00. The highest BCUT2D eigenvalue weighted by atomic mass is 16.6. The number of esters is 1. The van der Waals surface area contributed by atoms with Gasteiger partial charge in [-0.3, -0.25) is 10.1 Å². The predicted molar refractivity (Wildman–Crippen MR) is 102 cm³/mol. The SMILES string of the molecule is CC(C)(C)C1=N[C@@](c2ccccc2)([C@H](C[N+](=O)[O-])c2ccccc2)OC1=O. The van der Waals surface area contributed by atoms with Gasteiger partial charge in [0, 0.05) is 15.9 Å². The first kappa shape index (κ1) is 18.8. The van der Waals surface area contributed by atoms with Crippen LogP contribution in [0.4, 0.5) is 0 Å². The summed E-state index contributed by atoms with van der Waals surface area (Å²) in [5.74, 6) is -1.28. The second-order valence-corrected chi connectivity index (χ2v) is 7.64. The minimum Gasteiger partial charge on any atom is -0.427 e. The van der Waals surface area contributed by atoms with Crippen LogP contribution in [0.2, 0.25) is 0 Å². The van der Waals surface area contributed by atoms with E-state index in [1.165, 1.54) is 0 Å². The van der Waals surface area contributed by atoms with E-state index in [0.717, 1.165) is 0 Å². The number of rotatable bonds is 5. The lowest BCUT2D eigenvalue weighted by Crippen LogP contribution is -2.37. The zero-order chi connectivity index (χ0) is 19.7. The summed E-state index contributed by atoms with van der Waals surface area (Å²) in [7, 11) is 0. The van der Waals surface area contributed by atoms with E-state index in [1.807, 2.05) is 57.2 Å². The fourth-order valence-electron chi connectivity index (χ4n) is 3.34. The standard InChI is InChI=1S/C21H22N2O4/c1-20(2,3)18-19(24)27-21(22-18,16-12-8-5-9-13-16)17(14-23(25)26)15-10-6-4-7-11-15/h4-13,17H,14H2,1-3H3/t17-,21-/m1/s1. The van der Waals surface area contributed by atoms with Crippen LogP contribution < -0.4 is 0 Å². The molecule has 3 rings (SSSR count). The van der Waals surface area contributed by atoms with Crippen molar-refractivity contribution in [2.45, 2.75) is 32.4 Å². The van der Waals surface area contributed by atoms with Crippen LogP contribution in [-0.4, -0.2) is 23.1 Å². The molecule has 27 heavy (non-hydrogen) atoms. The van der Waals surface area contributed by atoms with Gasteiger partial charge in [0.15, 0.2) is 0 Å². The molecule has 0 fully saturated rings. The number of hydrogen-bond acceptors (Lipinski definition) is 5. The lowest BCUT2D eigenvalue weighted by molar-refractivity contribution is -0.487. The van der Waals surface area contributed by atoms with Crippen LogP contribution in [0, 0.1) is 15.5 Å². The Morgan fingerprint density at radius 3 is 2.11 bits per heavy atom. The third kappa shape index (κ3) is 3.60. The van der Waals surface area contributed by atoms with Crippen LogP contribution in [0.5, 0.6) is 0 Å². The van der Waals surface area contributed by atoms with Gasteiger partial charge in [0.25, 0.3) is 0 Å².